The Balaban J connectivity index is 1.90. The Morgan fingerprint density at radius 3 is 2.70 bits per heavy atom. The van der Waals surface area contributed by atoms with E-state index in [0.717, 1.165) is 24.2 Å². The monoisotopic (exact) mass is 283 g/mol. The van der Waals surface area contributed by atoms with E-state index >= 15 is 0 Å². The van der Waals surface area contributed by atoms with Crippen LogP contribution in [0.5, 0.6) is 0 Å². The zero-order chi connectivity index (χ0) is 14.6. The second-order valence-corrected chi connectivity index (χ2v) is 5.24. The Labute approximate surface area is 118 Å². The summed E-state index contributed by atoms with van der Waals surface area (Å²) in [6.07, 6.45) is 4.44. The third-order valence-corrected chi connectivity index (χ3v) is 3.85. The second kappa shape index (κ2) is 6.21. The number of imide groups is 1. The van der Waals surface area contributed by atoms with Crippen molar-refractivity contribution in [2.75, 3.05) is 13.2 Å². The lowest BCUT2D eigenvalue weighted by molar-refractivity contribution is -0.135. The van der Waals surface area contributed by atoms with Gasteiger partial charge in [-0.3, -0.25) is 19.3 Å². The molecule has 1 aliphatic heterocycles. The van der Waals surface area contributed by atoms with E-state index in [9.17, 15) is 14.4 Å². The number of urea groups is 1. The van der Waals surface area contributed by atoms with Crippen molar-refractivity contribution >= 4 is 17.8 Å². The van der Waals surface area contributed by atoms with E-state index < -0.39 is 5.54 Å². The molecule has 1 spiro atoms. The van der Waals surface area contributed by atoms with E-state index in [1.54, 1.807) is 6.92 Å². The van der Waals surface area contributed by atoms with Gasteiger partial charge in [-0.1, -0.05) is 19.3 Å². The summed E-state index contributed by atoms with van der Waals surface area (Å²) >= 11 is 0. The van der Waals surface area contributed by atoms with Gasteiger partial charge in [0.05, 0.1) is 6.61 Å². The molecule has 1 aliphatic carbocycles. The fourth-order valence-electron chi connectivity index (χ4n) is 2.79. The van der Waals surface area contributed by atoms with Crippen LogP contribution in [0.1, 0.15) is 45.4 Å². The minimum atomic E-state index is -0.717. The van der Waals surface area contributed by atoms with E-state index in [1.807, 2.05) is 0 Å². The zero-order valence-corrected chi connectivity index (χ0v) is 11.7. The molecular formula is C13H21N3O4. The van der Waals surface area contributed by atoms with Crippen molar-refractivity contribution < 1.29 is 19.2 Å². The summed E-state index contributed by atoms with van der Waals surface area (Å²) in [6.45, 7) is 2.22. The number of hydroxylamine groups is 1. The molecule has 7 heteroatoms. The van der Waals surface area contributed by atoms with Gasteiger partial charge in [0.15, 0.2) is 0 Å². The van der Waals surface area contributed by atoms with Crippen LogP contribution in [0.15, 0.2) is 0 Å². The quantitative estimate of drug-likeness (QED) is 0.574. The molecule has 0 aromatic carbocycles. The molecule has 2 aliphatic rings. The summed E-state index contributed by atoms with van der Waals surface area (Å²) in [5.41, 5.74) is 1.53. The van der Waals surface area contributed by atoms with Crippen molar-refractivity contribution in [3.8, 4) is 0 Å². The van der Waals surface area contributed by atoms with Crippen LogP contribution < -0.4 is 10.8 Å². The summed E-state index contributed by atoms with van der Waals surface area (Å²) in [5, 5.41) is 2.81. The first-order chi connectivity index (χ1) is 9.59. The lowest BCUT2D eigenvalue weighted by Crippen LogP contribution is -2.48. The predicted octanol–water partition coefficient (Wildman–Crippen LogP) is 0.699. The summed E-state index contributed by atoms with van der Waals surface area (Å²) < 4.78 is 0. The van der Waals surface area contributed by atoms with Crippen LogP contribution >= 0.6 is 0 Å². The van der Waals surface area contributed by atoms with Crippen molar-refractivity contribution in [3.05, 3.63) is 0 Å². The molecule has 20 heavy (non-hydrogen) atoms. The summed E-state index contributed by atoms with van der Waals surface area (Å²) in [4.78, 5) is 41.7. The topological polar surface area (TPSA) is 87.7 Å². The van der Waals surface area contributed by atoms with Gasteiger partial charge in [0, 0.05) is 13.0 Å². The highest BCUT2D eigenvalue weighted by atomic mass is 16.6. The maximum absolute atomic E-state index is 12.4. The molecule has 0 unspecified atom stereocenters. The molecule has 0 aromatic rings. The Morgan fingerprint density at radius 2 is 2.05 bits per heavy atom. The van der Waals surface area contributed by atoms with Crippen LogP contribution in [0.3, 0.4) is 0 Å². The highest BCUT2D eigenvalue weighted by molar-refractivity contribution is 6.07. The van der Waals surface area contributed by atoms with E-state index in [1.165, 1.54) is 0 Å². The molecule has 2 N–H and O–H groups in total. The molecule has 1 saturated heterocycles. The van der Waals surface area contributed by atoms with E-state index in [-0.39, 0.29) is 30.8 Å². The van der Waals surface area contributed by atoms with Gasteiger partial charge in [-0.15, -0.1) is 0 Å². The maximum Gasteiger partial charge on any atom is 0.325 e. The third-order valence-electron chi connectivity index (χ3n) is 3.85. The van der Waals surface area contributed by atoms with Crippen LogP contribution in [0.25, 0.3) is 0 Å². The predicted molar refractivity (Wildman–Crippen MR) is 70.4 cm³/mol. The number of hydrogen-bond donors (Lipinski definition) is 2. The lowest BCUT2D eigenvalue weighted by Gasteiger charge is -2.30. The first-order valence-corrected chi connectivity index (χ1v) is 7.14. The smallest absolute Gasteiger partial charge is 0.323 e. The minimum absolute atomic E-state index is 0.0508. The number of amides is 4. The van der Waals surface area contributed by atoms with E-state index in [0.29, 0.717) is 19.4 Å². The molecule has 4 amide bonds. The van der Waals surface area contributed by atoms with Crippen LogP contribution in [-0.2, 0) is 14.4 Å². The lowest BCUT2D eigenvalue weighted by atomic mass is 9.82. The van der Waals surface area contributed by atoms with Gasteiger partial charge in [-0.05, 0) is 19.8 Å². The van der Waals surface area contributed by atoms with Crippen molar-refractivity contribution in [1.29, 1.82) is 0 Å². The standard InChI is InChI=1S/C13H21N3O4/c1-2-20-15-10(17)6-9-16-11(18)13(14-12(16)19)7-4-3-5-8-13/h2-9H2,1H3,(H,14,19)(H,15,17). The Kier molecular flexibility index (Phi) is 4.59. The Bertz CT molecular complexity index is 404. The normalized spacial score (nSPS) is 21.1. The second-order valence-electron chi connectivity index (χ2n) is 5.24. The Hall–Kier alpha value is -1.63. The molecule has 2 rings (SSSR count). The number of carbonyl (C=O) groups excluding carboxylic acids is 3. The molecule has 112 valence electrons. The van der Waals surface area contributed by atoms with Crippen molar-refractivity contribution in [2.24, 2.45) is 0 Å². The summed E-state index contributed by atoms with van der Waals surface area (Å²) in [5.74, 6) is -0.525. The largest absolute Gasteiger partial charge is 0.325 e. The van der Waals surface area contributed by atoms with Crippen LogP contribution in [0.4, 0.5) is 4.79 Å². The minimum Gasteiger partial charge on any atom is -0.323 e. The van der Waals surface area contributed by atoms with Gasteiger partial charge in [0.1, 0.15) is 5.54 Å². The van der Waals surface area contributed by atoms with Gasteiger partial charge in [-0.2, -0.15) is 0 Å². The van der Waals surface area contributed by atoms with Crippen molar-refractivity contribution in [1.82, 2.24) is 15.7 Å². The number of nitrogens with zero attached hydrogens (tertiary/aromatic N) is 1. The summed E-state index contributed by atoms with van der Waals surface area (Å²) in [6, 6.07) is -0.388. The molecule has 0 atom stereocenters. The SMILES string of the molecule is CCONC(=O)CCN1C(=O)NC2(CCCCC2)C1=O. The average molecular weight is 283 g/mol. The molecule has 0 radical (unpaired) electrons. The highest BCUT2D eigenvalue weighted by Crippen LogP contribution is 2.33. The molecule has 2 fully saturated rings. The zero-order valence-electron chi connectivity index (χ0n) is 11.7. The highest BCUT2D eigenvalue weighted by Gasteiger charge is 2.50. The van der Waals surface area contributed by atoms with Crippen molar-refractivity contribution in [3.63, 3.8) is 0 Å². The third kappa shape index (κ3) is 2.92. The van der Waals surface area contributed by atoms with Gasteiger partial charge in [0.2, 0.25) is 5.91 Å². The first-order valence-electron chi connectivity index (χ1n) is 7.14. The van der Waals surface area contributed by atoms with Gasteiger partial charge in [0.25, 0.3) is 5.91 Å². The average Bonchev–Trinajstić information content (AvgIpc) is 2.66. The van der Waals surface area contributed by atoms with E-state index in [2.05, 4.69) is 10.8 Å². The molecular weight excluding hydrogens is 262 g/mol. The van der Waals surface area contributed by atoms with Gasteiger partial charge < -0.3 is 5.32 Å². The van der Waals surface area contributed by atoms with E-state index in [4.69, 9.17) is 4.84 Å². The molecule has 0 bridgehead atoms. The number of hydrogen-bond acceptors (Lipinski definition) is 4. The maximum atomic E-state index is 12.4. The number of carbonyl (C=O) groups is 3. The van der Waals surface area contributed by atoms with Crippen LogP contribution in [0, 0.1) is 0 Å². The molecule has 1 heterocycles. The fourth-order valence-corrected chi connectivity index (χ4v) is 2.79. The summed E-state index contributed by atoms with van der Waals surface area (Å²) in [7, 11) is 0. The molecule has 1 saturated carbocycles. The molecule has 7 nitrogen and oxygen atoms in total. The number of rotatable bonds is 5. The van der Waals surface area contributed by atoms with Gasteiger partial charge >= 0.3 is 6.03 Å². The number of nitrogens with one attached hydrogen (secondary N) is 2. The molecule has 0 aromatic heterocycles. The fraction of sp³-hybridized carbons (Fsp3) is 0.769. The van der Waals surface area contributed by atoms with Crippen molar-refractivity contribution in [2.45, 2.75) is 51.0 Å². The van der Waals surface area contributed by atoms with Gasteiger partial charge in [-0.25, -0.2) is 10.3 Å². The van der Waals surface area contributed by atoms with Crippen LogP contribution in [0.2, 0.25) is 0 Å². The first kappa shape index (κ1) is 14.8. The Morgan fingerprint density at radius 1 is 1.35 bits per heavy atom. The van der Waals surface area contributed by atoms with Crippen LogP contribution in [-0.4, -0.2) is 41.4 Å².